The van der Waals surface area contributed by atoms with Gasteiger partial charge in [0, 0.05) is 30.9 Å². The number of aryl methyl sites for hydroxylation is 2. The third-order valence-corrected chi connectivity index (χ3v) is 4.18. The number of aromatic nitrogens is 3. The van der Waals surface area contributed by atoms with Gasteiger partial charge in [0.2, 0.25) is 5.91 Å². The summed E-state index contributed by atoms with van der Waals surface area (Å²) in [6, 6.07) is 3.91. The maximum Gasteiger partial charge on any atom is 0.220 e. The fourth-order valence-electron chi connectivity index (χ4n) is 2.72. The predicted octanol–water partition coefficient (Wildman–Crippen LogP) is 3.65. The molecule has 0 fully saturated rings. The lowest BCUT2D eigenvalue weighted by atomic mass is 9.85. The van der Waals surface area contributed by atoms with Crippen molar-refractivity contribution in [2.24, 2.45) is 5.41 Å². The van der Waals surface area contributed by atoms with Crippen LogP contribution >= 0.6 is 0 Å². The Morgan fingerprint density at radius 3 is 2.62 bits per heavy atom. The van der Waals surface area contributed by atoms with Gasteiger partial charge in [-0.05, 0) is 42.9 Å². The van der Waals surface area contributed by atoms with E-state index >= 15 is 0 Å². The van der Waals surface area contributed by atoms with Crippen molar-refractivity contribution in [1.29, 1.82) is 0 Å². The topological polar surface area (TPSA) is 70.7 Å². The molecule has 0 aromatic carbocycles. The minimum Gasteiger partial charge on any atom is -0.349 e. The number of carbonyl (C=O) groups is 1. The summed E-state index contributed by atoms with van der Waals surface area (Å²) < 4.78 is 0. The molecule has 0 bridgehead atoms. The van der Waals surface area contributed by atoms with E-state index in [1.807, 2.05) is 32.2 Å². The van der Waals surface area contributed by atoms with Gasteiger partial charge in [0.15, 0.2) is 0 Å². The third kappa shape index (κ3) is 5.18. The zero-order chi connectivity index (χ0) is 17.7. The van der Waals surface area contributed by atoms with Gasteiger partial charge in [-0.15, -0.1) is 0 Å². The summed E-state index contributed by atoms with van der Waals surface area (Å²) in [5.74, 6) is 0.0492. The molecule has 0 aliphatic rings. The highest BCUT2D eigenvalue weighted by Gasteiger charge is 2.22. The molecule has 24 heavy (non-hydrogen) atoms. The van der Waals surface area contributed by atoms with Crippen LogP contribution in [0, 0.1) is 19.3 Å². The Balaban J connectivity index is 2.00. The number of aromatic amines is 1. The Morgan fingerprint density at radius 2 is 2.08 bits per heavy atom. The second-order valence-corrected chi connectivity index (χ2v) is 7.59. The number of H-pyrrole nitrogens is 1. The standard InChI is InChI=1S/C19H28N4O/c1-13-14(2)22-23-16(13)8-9-18(24)21-17(11-19(3,4)5)15-7-6-10-20-12-15/h6-7,10,12,17H,8-9,11H2,1-5H3,(H,21,24)(H,22,23)/t17-/m1/s1. The second kappa shape index (κ2) is 7.60. The van der Waals surface area contributed by atoms with Crippen molar-refractivity contribution in [3.05, 3.63) is 47.0 Å². The molecule has 2 aromatic rings. The fraction of sp³-hybridized carbons (Fsp3) is 0.526. The highest BCUT2D eigenvalue weighted by molar-refractivity contribution is 5.76. The molecule has 130 valence electrons. The van der Waals surface area contributed by atoms with Crippen molar-refractivity contribution >= 4 is 5.91 Å². The van der Waals surface area contributed by atoms with Crippen molar-refractivity contribution in [3.8, 4) is 0 Å². The molecule has 0 aliphatic carbocycles. The van der Waals surface area contributed by atoms with Crippen LogP contribution in [0.1, 0.15) is 62.2 Å². The average molecular weight is 328 g/mol. The maximum absolute atomic E-state index is 12.4. The molecule has 0 saturated carbocycles. The molecule has 2 rings (SSSR count). The van der Waals surface area contributed by atoms with E-state index in [4.69, 9.17) is 0 Å². The predicted molar refractivity (Wildman–Crippen MR) is 95.6 cm³/mol. The van der Waals surface area contributed by atoms with Crippen molar-refractivity contribution in [1.82, 2.24) is 20.5 Å². The molecule has 2 heterocycles. The molecule has 2 aromatic heterocycles. The van der Waals surface area contributed by atoms with Crippen molar-refractivity contribution in [3.63, 3.8) is 0 Å². The number of hydrogen-bond acceptors (Lipinski definition) is 3. The second-order valence-electron chi connectivity index (χ2n) is 7.59. The average Bonchev–Trinajstić information content (AvgIpc) is 2.83. The summed E-state index contributed by atoms with van der Waals surface area (Å²) in [6.07, 6.45) is 5.54. The van der Waals surface area contributed by atoms with Crippen LogP contribution in [0.25, 0.3) is 0 Å². The molecule has 5 heteroatoms. The van der Waals surface area contributed by atoms with E-state index in [1.165, 1.54) is 0 Å². The van der Waals surface area contributed by atoms with E-state index in [-0.39, 0.29) is 17.4 Å². The van der Waals surface area contributed by atoms with Gasteiger partial charge in [0.05, 0.1) is 11.7 Å². The fourth-order valence-corrected chi connectivity index (χ4v) is 2.72. The van der Waals surface area contributed by atoms with Crippen molar-refractivity contribution in [2.75, 3.05) is 0 Å². The summed E-state index contributed by atoms with van der Waals surface area (Å²) >= 11 is 0. The zero-order valence-corrected chi connectivity index (χ0v) is 15.3. The molecule has 0 spiro atoms. The Morgan fingerprint density at radius 1 is 1.33 bits per heavy atom. The molecule has 0 unspecified atom stereocenters. The summed E-state index contributed by atoms with van der Waals surface area (Å²) in [7, 11) is 0. The first-order valence-corrected chi connectivity index (χ1v) is 8.46. The van der Waals surface area contributed by atoms with Gasteiger partial charge in [-0.3, -0.25) is 14.9 Å². The number of amides is 1. The van der Waals surface area contributed by atoms with Crippen LogP contribution in [0.4, 0.5) is 0 Å². The van der Waals surface area contributed by atoms with Gasteiger partial charge in [-0.25, -0.2) is 0 Å². The number of pyridine rings is 1. The third-order valence-electron chi connectivity index (χ3n) is 4.18. The van der Waals surface area contributed by atoms with Crippen molar-refractivity contribution in [2.45, 2.75) is 59.9 Å². The first kappa shape index (κ1) is 18.2. The number of carbonyl (C=O) groups excluding carboxylic acids is 1. The van der Waals surface area contributed by atoms with E-state index in [0.717, 1.165) is 28.9 Å². The molecule has 0 radical (unpaired) electrons. The van der Waals surface area contributed by atoms with E-state index in [0.29, 0.717) is 12.8 Å². The van der Waals surface area contributed by atoms with Crippen molar-refractivity contribution < 1.29 is 4.79 Å². The van der Waals surface area contributed by atoms with Crippen LogP contribution < -0.4 is 5.32 Å². The van der Waals surface area contributed by atoms with Gasteiger partial charge in [0.25, 0.3) is 0 Å². The van der Waals surface area contributed by atoms with Crippen LogP contribution in [0.15, 0.2) is 24.5 Å². The van der Waals surface area contributed by atoms with Crippen LogP contribution in [0.3, 0.4) is 0 Å². The lowest BCUT2D eigenvalue weighted by Gasteiger charge is -2.27. The highest BCUT2D eigenvalue weighted by Crippen LogP contribution is 2.29. The lowest BCUT2D eigenvalue weighted by Crippen LogP contribution is -2.31. The molecule has 0 aliphatic heterocycles. The molecular formula is C19H28N4O. The minimum atomic E-state index is -0.0202. The molecule has 5 nitrogen and oxygen atoms in total. The van der Waals surface area contributed by atoms with Crippen LogP contribution in [-0.2, 0) is 11.2 Å². The Hall–Kier alpha value is -2.17. The number of rotatable bonds is 6. The summed E-state index contributed by atoms with van der Waals surface area (Å²) in [4.78, 5) is 16.6. The first-order valence-electron chi connectivity index (χ1n) is 8.46. The van der Waals surface area contributed by atoms with Crippen LogP contribution in [0.5, 0.6) is 0 Å². The molecule has 1 amide bonds. The molecule has 1 atom stereocenters. The Bertz CT molecular complexity index is 670. The lowest BCUT2D eigenvalue weighted by molar-refractivity contribution is -0.122. The van der Waals surface area contributed by atoms with Gasteiger partial charge in [-0.2, -0.15) is 5.10 Å². The summed E-state index contributed by atoms with van der Waals surface area (Å²) in [5, 5.41) is 10.4. The molecule has 0 saturated heterocycles. The quantitative estimate of drug-likeness (QED) is 0.850. The highest BCUT2D eigenvalue weighted by atomic mass is 16.1. The van der Waals surface area contributed by atoms with Crippen LogP contribution in [-0.4, -0.2) is 21.1 Å². The number of nitrogens with one attached hydrogen (secondary N) is 2. The largest absolute Gasteiger partial charge is 0.349 e. The minimum absolute atomic E-state index is 0.0202. The van der Waals surface area contributed by atoms with Gasteiger partial charge in [-0.1, -0.05) is 26.8 Å². The summed E-state index contributed by atoms with van der Waals surface area (Å²) in [5.41, 5.74) is 4.33. The van der Waals surface area contributed by atoms with Crippen LogP contribution in [0.2, 0.25) is 0 Å². The smallest absolute Gasteiger partial charge is 0.220 e. The van der Waals surface area contributed by atoms with E-state index in [9.17, 15) is 4.79 Å². The molecular weight excluding hydrogens is 300 g/mol. The maximum atomic E-state index is 12.4. The zero-order valence-electron chi connectivity index (χ0n) is 15.3. The normalized spacial score (nSPS) is 12.9. The van der Waals surface area contributed by atoms with E-state index in [1.54, 1.807) is 6.20 Å². The van der Waals surface area contributed by atoms with E-state index < -0.39 is 0 Å². The monoisotopic (exact) mass is 328 g/mol. The van der Waals surface area contributed by atoms with Gasteiger partial charge < -0.3 is 5.32 Å². The van der Waals surface area contributed by atoms with Gasteiger partial charge in [0.1, 0.15) is 0 Å². The van der Waals surface area contributed by atoms with Gasteiger partial charge >= 0.3 is 0 Å². The summed E-state index contributed by atoms with van der Waals surface area (Å²) in [6.45, 7) is 10.6. The molecule has 2 N–H and O–H groups in total. The van der Waals surface area contributed by atoms with E-state index in [2.05, 4.69) is 41.3 Å². The first-order chi connectivity index (χ1) is 11.3. The Kier molecular flexibility index (Phi) is 5.75. The Labute approximate surface area is 144 Å². The number of hydrogen-bond donors (Lipinski definition) is 2. The SMILES string of the molecule is Cc1[nH]nc(CCC(=O)N[C@H](CC(C)(C)C)c2cccnc2)c1C. The number of nitrogens with zero attached hydrogens (tertiary/aromatic N) is 2.